The number of nitriles is 1. The molecule has 2 aromatic rings. The smallest absolute Gasteiger partial charge is 0.311 e. The van der Waals surface area contributed by atoms with Gasteiger partial charge in [0, 0.05) is 22.7 Å². The van der Waals surface area contributed by atoms with Gasteiger partial charge in [-0.1, -0.05) is 20.8 Å². The molecule has 7 heteroatoms. The van der Waals surface area contributed by atoms with Gasteiger partial charge in [0.25, 0.3) is 0 Å². The van der Waals surface area contributed by atoms with Gasteiger partial charge in [-0.25, -0.2) is 4.99 Å². The summed E-state index contributed by atoms with van der Waals surface area (Å²) in [5, 5.41) is 33.4. The Morgan fingerprint density at radius 1 is 1.19 bits per heavy atom. The van der Waals surface area contributed by atoms with Crippen molar-refractivity contribution in [3.63, 3.8) is 0 Å². The van der Waals surface area contributed by atoms with E-state index in [0.717, 1.165) is 49.7 Å². The number of benzene rings is 1. The van der Waals surface area contributed by atoms with E-state index in [9.17, 15) is 20.5 Å². The molecule has 194 valence electrons. The molecule has 37 heavy (non-hydrogen) atoms. The molecule has 0 aliphatic heterocycles. The zero-order chi connectivity index (χ0) is 26.1. The number of aliphatic imine (C=N–C) groups is 1. The Balaban J connectivity index is 1.37. The molecule has 4 saturated carbocycles. The molecule has 1 heterocycles. The van der Waals surface area contributed by atoms with Crippen LogP contribution in [-0.4, -0.2) is 16.2 Å². The Labute approximate surface area is 222 Å². The quantitative estimate of drug-likeness (QED) is 0.256. The highest BCUT2D eigenvalue weighted by Crippen LogP contribution is 2.61. The Hall–Kier alpha value is -2.72. The Bertz CT molecular complexity index is 1310. The second-order valence-electron chi connectivity index (χ2n) is 13.2. The zero-order valence-electron chi connectivity index (χ0n) is 21.9. The van der Waals surface area contributed by atoms with Crippen LogP contribution < -0.4 is 0 Å². The van der Waals surface area contributed by atoms with Gasteiger partial charge in [0.2, 0.25) is 5.75 Å². The SMILES string of the molecule is CC(C)(C)C1CCc2c(sc(N=Cc3cc(C45CC6CC(CC(C6)C4)C5)cc([N+](=O)[O-])c3O)c2C#N)C1. The summed E-state index contributed by atoms with van der Waals surface area (Å²) in [5.41, 5.74) is 3.03. The third kappa shape index (κ3) is 4.18. The normalized spacial score (nSPS) is 30.4. The van der Waals surface area contributed by atoms with Crippen LogP contribution in [0.15, 0.2) is 17.1 Å². The van der Waals surface area contributed by atoms with Crippen molar-refractivity contribution in [1.82, 2.24) is 0 Å². The summed E-state index contributed by atoms with van der Waals surface area (Å²) in [5.74, 6) is 2.36. The minimum Gasteiger partial charge on any atom is -0.502 e. The topological polar surface area (TPSA) is 99.5 Å². The maximum atomic E-state index is 11.9. The van der Waals surface area contributed by atoms with E-state index in [4.69, 9.17) is 0 Å². The van der Waals surface area contributed by atoms with Gasteiger partial charge in [0.05, 0.1) is 10.5 Å². The number of phenolic OH excluding ortho intramolecular Hbond substituents is 1. The van der Waals surface area contributed by atoms with Crippen molar-refractivity contribution in [2.24, 2.45) is 34.1 Å². The molecule has 4 bridgehead atoms. The predicted octanol–water partition coefficient (Wildman–Crippen LogP) is 7.60. The highest BCUT2D eigenvalue weighted by molar-refractivity contribution is 7.16. The second kappa shape index (κ2) is 8.66. The van der Waals surface area contributed by atoms with Crippen molar-refractivity contribution in [3.8, 4) is 11.8 Å². The van der Waals surface area contributed by atoms with Gasteiger partial charge < -0.3 is 5.11 Å². The largest absolute Gasteiger partial charge is 0.502 e. The molecule has 6 nitrogen and oxygen atoms in total. The average molecular weight is 518 g/mol. The molecule has 0 radical (unpaired) electrons. The first-order chi connectivity index (χ1) is 17.6. The summed E-state index contributed by atoms with van der Waals surface area (Å²) in [4.78, 5) is 17.4. The van der Waals surface area contributed by atoms with Gasteiger partial charge in [-0.2, -0.15) is 5.26 Å². The van der Waals surface area contributed by atoms with E-state index in [0.29, 0.717) is 39.8 Å². The number of hydrogen-bond donors (Lipinski definition) is 1. The van der Waals surface area contributed by atoms with Crippen LogP contribution in [0.5, 0.6) is 5.75 Å². The van der Waals surface area contributed by atoms with Crippen LogP contribution in [0.3, 0.4) is 0 Å². The molecule has 0 saturated heterocycles. The molecule has 0 spiro atoms. The van der Waals surface area contributed by atoms with E-state index < -0.39 is 4.92 Å². The Morgan fingerprint density at radius 2 is 1.84 bits per heavy atom. The van der Waals surface area contributed by atoms with E-state index in [2.05, 4.69) is 31.8 Å². The fourth-order valence-corrected chi connectivity index (χ4v) is 9.52. The lowest BCUT2D eigenvalue weighted by atomic mass is 9.48. The molecular weight excluding hydrogens is 482 g/mol. The molecule has 4 fully saturated rings. The fourth-order valence-electron chi connectivity index (χ4n) is 8.29. The van der Waals surface area contributed by atoms with E-state index in [-0.39, 0.29) is 22.3 Å². The number of hydrogen-bond acceptors (Lipinski definition) is 6. The summed E-state index contributed by atoms with van der Waals surface area (Å²) >= 11 is 1.56. The third-order valence-electron chi connectivity index (χ3n) is 9.87. The van der Waals surface area contributed by atoms with Crippen molar-refractivity contribution in [2.45, 2.75) is 84.0 Å². The summed E-state index contributed by atoms with van der Waals surface area (Å²) in [7, 11) is 0. The average Bonchev–Trinajstić information content (AvgIpc) is 3.18. The van der Waals surface area contributed by atoms with Crippen LogP contribution in [0, 0.1) is 50.5 Å². The monoisotopic (exact) mass is 517 g/mol. The van der Waals surface area contributed by atoms with Gasteiger partial charge >= 0.3 is 5.69 Å². The number of nitro groups is 1. The van der Waals surface area contributed by atoms with Crippen molar-refractivity contribution >= 4 is 28.2 Å². The number of nitrogens with zero attached hydrogens (tertiary/aromatic N) is 3. The Kier molecular flexibility index (Phi) is 5.76. The molecule has 5 aliphatic rings. The van der Waals surface area contributed by atoms with Crippen LogP contribution >= 0.6 is 11.3 Å². The van der Waals surface area contributed by atoms with Crippen LogP contribution in [0.25, 0.3) is 0 Å². The maximum absolute atomic E-state index is 11.9. The summed E-state index contributed by atoms with van der Waals surface area (Å²) in [6.45, 7) is 6.81. The molecule has 7 rings (SSSR count). The van der Waals surface area contributed by atoms with Gasteiger partial charge in [-0.3, -0.25) is 10.1 Å². The summed E-state index contributed by atoms with van der Waals surface area (Å²) in [6, 6.07) is 5.92. The van der Waals surface area contributed by atoms with Gasteiger partial charge in [-0.05, 0) is 109 Å². The molecule has 1 N–H and O–H groups in total. The van der Waals surface area contributed by atoms with Gasteiger partial charge in [-0.15, -0.1) is 11.3 Å². The minimum absolute atomic E-state index is 0.0302. The van der Waals surface area contributed by atoms with Crippen LogP contribution in [0.2, 0.25) is 0 Å². The highest BCUT2D eigenvalue weighted by Gasteiger charge is 2.52. The highest BCUT2D eigenvalue weighted by atomic mass is 32.1. The number of nitro benzene ring substituents is 1. The number of rotatable bonds is 4. The minimum atomic E-state index is -0.478. The number of aromatic hydroxyl groups is 1. The molecular formula is C30H35N3O3S. The lowest BCUT2D eigenvalue weighted by Crippen LogP contribution is -2.48. The standard InChI is InChI=1S/C30H35N3O3S/c1-29(2,3)21-4-5-23-24(15-31)28(37-26(23)11-21)32-16-20-9-22(10-25(27(20)34)33(35)36)30-12-17-6-18(13-30)8-19(7-17)14-30/h9-10,16-19,21,34H,4-8,11-14H2,1-3H3. The van der Waals surface area contributed by atoms with E-state index in [1.807, 2.05) is 6.07 Å². The van der Waals surface area contributed by atoms with E-state index >= 15 is 0 Å². The van der Waals surface area contributed by atoms with Gasteiger partial charge in [0.15, 0.2) is 0 Å². The summed E-state index contributed by atoms with van der Waals surface area (Å²) < 4.78 is 0. The fraction of sp³-hybridized carbons (Fsp3) is 0.600. The second-order valence-corrected chi connectivity index (χ2v) is 14.3. The third-order valence-corrected chi connectivity index (χ3v) is 11.0. The van der Waals surface area contributed by atoms with E-state index in [1.165, 1.54) is 24.1 Å². The predicted molar refractivity (Wildman–Crippen MR) is 146 cm³/mol. The van der Waals surface area contributed by atoms with Gasteiger partial charge in [0.1, 0.15) is 11.1 Å². The molecule has 0 amide bonds. The van der Waals surface area contributed by atoms with Crippen molar-refractivity contribution < 1.29 is 10.0 Å². The number of fused-ring (bicyclic) bond motifs is 1. The number of phenols is 1. The molecule has 1 atom stereocenters. The van der Waals surface area contributed by atoms with Crippen molar-refractivity contribution in [2.75, 3.05) is 0 Å². The number of thiophene rings is 1. The lowest BCUT2D eigenvalue weighted by Gasteiger charge is -2.57. The first-order valence-corrected chi connectivity index (χ1v) is 14.5. The summed E-state index contributed by atoms with van der Waals surface area (Å²) in [6.07, 6.45) is 11.6. The van der Waals surface area contributed by atoms with Crippen LogP contribution in [0.4, 0.5) is 10.7 Å². The van der Waals surface area contributed by atoms with Crippen molar-refractivity contribution in [1.29, 1.82) is 5.26 Å². The van der Waals surface area contributed by atoms with Crippen LogP contribution in [-0.2, 0) is 18.3 Å². The molecule has 1 aromatic heterocycles. The first kappa shape index (κ1) is 24.6. The van der Waals surface area contributed by atoms with Crippen LogP contribution in [0.1, 0.15) is 92.8 Å². The lowest BCUT2D eigenvalue weighted by molar-refractivity contribution is -0.386. The first-order valence-electron chi connectivity index (χ1n) is 13.7. The Morgan fingerprint density at radius 3 is 2.41 bits per heavy atom. The van der Waals surface area contributed by atoms with Crippen molar-refractivity contribution in [3.05, 3.63) is 49.4 Å². The van der Waals surface area contributed by atoms with E-state index in [1.54, 1.807) is 23.6 Å². The molecule has 1 unspecified atom stereocenters. The zero-order valence-corrected chi connectivity index (χ0v) is 22.7. The molecule has 1 aromatic carbocycles. The maximum Gasteiger partial charge on any atom is 0.311 e. The molecule has 5 aliphatic carbocycles.